The zero-order valence-corrected chi connectivity index (χ0v) is 29.1. The summed E-state index contributed by atoms with van der Waals surface area (Å²) in [5.74, 6) is 2.54. The number of H-pyrrole nitrogens is 1. The van der Waals surface area contributed by atoms with Crippen LogP contribution in [0.2, 0.25) is 0 Å². The van der Waals surface area contributed by atoms with Gasteiger partial charge in [-0.1, -0.05) is 38.1 Å². The summed E-state index contributed by atoms with van der Waals surface area (Å²) in [6.07, 6.45) is 12.0. The topological polar surface area (TPSA) is 69.0 Å². The molecule has 0 saturated heterocycles. The summed E-state index contributed by atoms with van der Waals surface area (Å²) >= 11 is 0. The van der Waals surface area contributed by atoms with Gasteiger partial charge < -0.3 is 32.4 Å². The smallest absolute Gasteiger partial charge is 0.220 e. The molecule has 0 spiro atoms. The van der Waals surface area contributed by atoms with Crippen LogP contribution in [0.4, 0.5) is 0 Å². The Kier molecular flexibility index (Phi) is 7.74. The minimum Gasteiger partial charge on any atom is -1.00 e. The molecule has 8 rings (SSSR count). The number of aromatic hydroxyl groups is 1. The number of fused-ring (bicyclic) bond motifs is 9. The molecule has 5 nitrogen and oxygen atoms in total. The van der Waals surface area contributed by atoms with Gasteiger partial charge >= 0.3 is 0 Å². The fraction of sp³-hybridized carbons (Fsp3) is 0.450. The van der Waals surface area contributed by atoms with Crippen LogP contribution in [0.15, 0.2) is 60.9 Å². The highest BCUT2D eigenvalue weighted by atomic mass is 79.9. The van der Waals surface area contributed by atoms with Gasteiger partial charge in [-0.25, -0.2) is 4.57 Å². The number of hydrogen-bond acceptors (Lipinski definition) is 2. The van der Waals surface area contributed by atoms with E-state index in [-0.39, 0.29) is 33.7 Å². The molecule has 3 aliphatic carbocycles. The first-order valence-corrected chi connectivity index (χ1v) is 17.1. The highest BCUT2D eigenvalue weighted by molar-refractivity contribution is 6.16. The van der Waals surface area contributed by atoms with Crippen LogP contribution in [0.5, 0.6) is 5.75 Å². The predicted molar refractivity (Wildman–Crippen MR) is 181 cm³/mol. The number of phenolic OH excluding ortho intramolecular Hbond substituents is 1. The van der Waals surface area contributed by atoms with E-state index >= 15 is 0 Å². The third-order valence-electron chi connectivity index (χ3n) is 13.0. The molecule has 5 aromatic rings. The molecule has 6 heteroatoms. The van der Waals surface area contributed by atoms with Crippen LogP contribution in [0.3, 0.4) is 0 Å². The Balaban J connectivity index is 0.00000338. The maximum absolute atomic E-state index is 13.5. The zero-order chi connectivity index (χ0) is 31.1. The number of halogens is 1. The summed E-state index contributed by atoms with van der Waals surface area (Å²) in [6.45, 7) is 10.7. The van der Waals surface area contributed by atoms with Gasteiger partial charge in [-0.3, -0.25) is 4.79 Å². The van der Waals surface area contributed by atoms with Crippen molar-refractivity contribution in [2.24, 2.45) is 22.7 Å². The van der Waals surface area contributed by atoms with Gasteiger partial charge in [0.15, 0.2) is 18.9 Å². The van der Waals surface area contributed by atoms with Gasteiger partial charge in [0.2, 0.25) is 5.91 Å². The van der Waals surface area contributed by atoms with Crippen LogP contribution in [-0.2, 0) is 17.8 Å². The lowest BCUT2D eigenvalue weighted by Gasteiger charge is -2.54. The lowest BCUT2D eigenvalue weighted by Crippen LogP contribution is -3.00. The van der Waals surface area contributed by atoms with Crippen LogP contribution < -0.4 is 26.9 Å². The summed E-state index contributed by atoms with van der Waals surface area (Å²) in [5.41, 5.74) is 8.02. The number of phenols is 1. The van der Waals surface area contributed by atoms with E-state index in [9.17, 15) is 9.90 Å². The van der Waals surface area contributed by atoms with Crippen molar-refractivity contribution < 1.29 is 31.4 Å². The zero-order valence-electron chi connectivity index (χ0n) is 27.6. The number of aryl methyl sites for hydroxylation is 3. The lowest BCUT2D eigenvalue weighted by atomic mass is 9.50. The number of nitrogens with one attached hydrogen (secondary N) is 2. The Morgan fingerprint density at radius 2 is 1.83 bits per heavy atom. The number of hydrogen-bond donors (Lipinski definition) is 3. The molecule has 5 atom stereocenters. The third-order valence-corrected chi connectivity index (χ3v) is 13.0. The summed E-state index contributed by atoms with van der Waals surface area (Å²) in [5, 5.41) is 18.5. The van der Waals surface area contributed by atoms with E-state index in [2.05, 4.69) is 91.4 Å². The van der Waals surface area contributed by atoms with E-state index < -0.39 is 0 Å². The second-order valence-corrected chi connectivity index (χ2v) is 15.1. The SMILES string of the molecule is Cc1c2cc[n+](CCNC(=O)CC3(C)CCC4C5CCc6cc(O)ccc6C5CCC43C)cc2c(C)c2c1[nH]c1ccccc12.[Br-]. The summed E-state index contributed by atoms with van der Waals surface area (Å²) < 4.78 is 2.23. The molecular formula is C40H46BrN3O2. The number of rotatable bonds is 5. The third kappa shape index (κ3) is 4.69. The monoisotopic (exact) mass is 679 g/mol. The normalized spacial score (nSPS) is 26.8. The number of aromatic nitrogens is 2. The van der Waals surface area contributed by atoms with E-state index in [1.807, 2.05) is 12.1 Å². The number of carbonyl (C=O) groups excluding carboxylic acids is 1. The standard InChI is InChI=1S/C40H45N3O2.BrH/c1-24-33-23-43(19-15-28(33)25(2)38-37(24)32-7-5-6-8-35(32)42-38)20-18-41-36(45)22-39(3)16-14-34-31-11-9-26-21-27(44)10-12-29(26)30(31)13-17-40(34,39)4;/h5-8,10,12,15,19,21,23,30-31,34H,9,11,13-14,16-18,20,22H2,1-4H3,(H2,41,44,45);1H. The molecule has 3 aliphatic rings. The van der Waals surface area contributed by atoms with Crippen molar-refractivity contribution in [1.29, 1.82) is 0 Å². The van der Waals surface area contributed by atoms with E-state index in [4.69, 9.17) is 0 Å². The van der Waals surface area contributed by atoms with Crippen molar-refractivity contribution in [2.75, 3.05) is 6.54 Å². The molecule has 2 fully saturated rings. The first kappa shape index (κ1) is 31.2. The molecule has 2 heterocycles. The Bertz CT molecular complexity index is 2000. The predicted octanol–water partition coefficient (Wildman–Crippen LogP) is 5.16. The minimum absolute atomic E-state index is 0. The van der Waals surface area contributed by atoms with Gasteiger partial charge in [0.05, 0.1) is 12.1 Å². The maximum atomic E-state index is 13.5. The van der Waals surface area contributed by atoms with Crippen molar-refractivity contribution >= 4 is 38.5 Å². The van der Waals surface area contributed by atoms with Crippen LogP contribution in [0.1, 0.15) is 80.5 Å². The molecule has 5 unspecified atom stereocenters. The minimum atomic E-state index is 0. The van der Waals surface area contributed by atoms with Crippen LogP contribution in [-0.4, -0.2) is 22.5 Å². The molecule has 240 valence electrons. The second-order valence-electron chi connectivity index (χ2n) is 15.1. The van der Waals surface area contributed by atoms with E-state index in [0.29, 0.717) is 36.5 Å². The molecule has 46 heavy (non-hydrogen) atoms. The van der Waals surface area contributed by atoms with Crippen LogP contribution in [0, 0.1) is 36.5 Å². The van der Waals surface area contributed by atoms with E-state index in [1.54, 1.807) is 0 Å². The van der Waals surface area contributed by atoms with Crippen molar-refractivity contribution in [1.82, 2.24) is 10.3 Å². The summed E-state index contributed by atoms with van der Waals surface area (Å²) in [4.78, 5) is 17.1. The molecule has 0 bridgehead atoms. The Morgan fingerprint density at radius 3 is 2.67 bits per heavy atom. The highest BCUT2D eigenvalue weighted by Crippen LogP contribution is 2.68. The highest BCUT2D eigenvalue weighted by Gasteiger charge is 2.60. The van der Waals surface area contributed by atoms with E-state index in [1.165, 1.54) is 80.5 Å². The van der Waals surface area contributed by atoms with Gasteiger partial charge in [-0.05, 0) is 127 Å². The van der Waals surface area contributed by atoms with Gasteiger partial charge in [-0.2, -0.15) is 0 Å². The number of benzene rings is 3. The fourth-order valence-corrected chi connectivity index (χ4v) is 10.3. The quantitative estimate of drug-likeness (QED) is 0.225. The number of nitrogens with zero attached hydrogens (tertiary/aromatic N) is 1. The van der Waals surface area contributed by atoms with Crippen molar-refractivity contribution in [2.45, 2.75) is 85.1 Å². The lowest BCUT2D eigenvalue weighted by molar-refractivity contribution is -0.693. The molecule has 0 aliphatic heterocycles. The number of aromatic amines is 1. The average Bonchev–Trinajstić information content (AvgIpc) is 3.55. The average molecular weight is 681 g/mol. The first-order valence-electron chi connectivity index (χ1n) is 17.1. The molecule has 1 amide bonds. The van der Waals surface area contributed by atoms with Gasteiger partial charge in [0, 0.05) is 34.2 Å². The maximum Gasteiger partial charge on any atom is 0.220 e. The number of amides is 1. The second kappa shape index (κ2) is 11.4. The molecule has 2 aromatic heterocycles. The fourth-order valence-electron chi connectivity index (χ4n) is 10.3. The molecular weight excluding hydrogens is 634 g/mol. The Morgan fingerprint density at radius 1 is 1.00 bits per heavy atom. The number of para-hydroxylation sites is 1. The molecule has 3 N–H and O–H groups in total. The number of pyridine rings is 1. The molecule has 2 saturated carbocycles. The van der Waals surface area contributed by atoms with Gasteiger partial charge in [-0.15, -0.1) is 0 Å². The van der Waals surface area contributed by atoms with Gasteiger partial charge in [0.25, 0.3) is 0 Å². The van der Waals surface area contributed by atoms with Crippen molar-refractivity contribution in [3.63, 3.8) is 0 Å². The largest absolute Gasteiger partial charge is 1.00 e. The summed E-state index contributed by atoms with van der Waals surface area (Å²) in [6, 6.07) is 16.8. The van der Waals surface area contributed by atoms with Crippen LogP contribution >= 0.6 is 0 Å². The Labute approximate surface area is 282 Å². The van der Waals surface area contributed by atoms with Crippen molar-refractivity contribution in [3.8, 4) is 5.75 Å². The molecule has 0 radical (unpaired) electrons. The van der Waals surface area contributed by atoms with E-state index in [0.717, 1.165) is 19.4 Å². The van der Waals surface area contributed by atoms with Crippen molar-refractivity contribution in [3.05, 3.63) is 83.2 Å². The van der Waals surface area contributed by atoms with Crippen LogP contribution in [0.25, 0.3) is 32.6 Å². The first-order chi connectivity index (χ1) is 21.7. The van der Waals surface area contributed by atoms with Gasteiger partial charge in [0.1, 0.15) is 5.75 Å². The number of carbonyl (C=O) groups is 1. The molecule has 3 aromatic carbocycles. The summed E-state index contributed by atoms with van der Waals surface area (Å²) in [7, 11) is 0. The Hall–Kier alpha value is -3.38.